The largest absolute Gasteiger partial charge is 2.00 e. The Morgan fingerprint density at radius 1 is 1.31 bits per heavy atom. The number of carboxylic acids is 1. The Labute approximate surface area is 170 Å². The summed E-state index contributed by atoms with van der Waals surface area (Å²) in [7, 11) is -5.39. The topological polar surface area (TPSA) is 126 Å². The summed E-state index contributed by atoms with van der Waals surface area (Å²) in [6, 6.07) is 0. The van der Waals surface area contributed by atoms with Crippen molar-refractivity contribution in [2.24, 2.45) is 0 Å². The summed E-state index contributed by atoms with van der Waals surface area (Å²) in [5.74, 6) is -1.23. The van der Waals surface area contributed by atoms with E-state index in [9.17, 15) is 0 Å². The number of rotatable bonds is 1. The van der Waals surface area contributed by atoms with E-state index in [2.05, 4.69) is 6.58 Å². The van der Waals surface area contributed by atoms with Crippen LogP contribution in [-0.2, 0) is 9.36 Å². The van der Waals surface area contributed by atoms with Crippen molar-refractivity contribution in [3.8, 4) is 0 Å². The third-order valence-corrected chi connectivity index (χ3v) is 0.167. The van der Waals surface area contributed by atoms with E-state index in [0.717, 1.165) is 6.08 Å². The monoisotopic (exact) mass is 268 g/mol. The molecule has 0 atom stereocenters. The van der Waals surface area contributed by atoms with Crippen molar-refractivity contribution in [2.75, 3.05) is 0 Å². The first-order chi connectivity index (χ1) is 4.27. The van der Waals surface area contributed by atoms with Gasteiger partial charge in [-0.2, -0.15) is 7.82 Å². The standard InChI is InChI=1S/C3H4O2.Ca.K.Na.H3O4P/c1-2-3(4)5;;;;1-5(2,3)4/h2H,1H2,(H,4,5);;;;(H3,1,2,3,4)/q;+2;2*+1;/p-4. The molecule has 60 valence electrons. The number of hydrogen-bond acceptors (Lipinski definition) is 6. The molecule has 0 spiro atoms. The van der Waals surface area contributed by atoms with Gasteiger partial charge in [-0.05, 0) is 6.08 Å². The fourth-order valence-corrected chi connectivity index (χ4v) is 0. The fourth-order valence-electron chi connectivity index (χ4n) is 0. The van der Waals surface area contributed by atoms with E-state index in [-0.39, 0.29) is 119 Å². The van der Waals surface area contributed by atoms with Gasteiger partial charge >= 0.3 is 119 Å². The Morgan fingerprint density at radius 2 is 1.38 bits per heavy atom. The van der Waals surface area contributed by atoms with E-state index < -0.39 is 13.8 Å². The summed E-state index contributed by atoms with van der Waals surface area (Å²) in [6.45, 7) is 2.90. The second-order valence-corrected chi connectivity index (χ2v) is 1.86. The zero-order chi connectivity index (χ0) is 8.78. The number of carbonyl (C=O) groups is 1. The van der Waals surface area contributed by atoms with Crippen LogP contribution in [-0.4, -0.2) is 43.7 Å². The molecule has 0 aromatic carbocycles. The second kappa shape index (κ2) is 17.6. The predicted octanol–water partition coefficient (Wildman–Crippen LogP) is -10.3. The number of carboxylic acid groups (broad SMARTS) is 1. The van der Waals surface area contributed by atoms with Gasteiger partial charge in [0.05, 0.1) is 5.97 Å². The fraction of sp³-hybridized carbons (Fsp3) is 0. The minimum absolute atomic E-state index is 0. The number of carbonyl (C=O) groups excluding carboxylic acids is 1. The molecule has 10 heteroatoms. The van der Waals surface area contributed by atoms with E-state index in [1.807, 2.05) is 0 Å². The Morgan fingerprint density at radius 3 is 1.38 bits per heavy atom. The summed E-state index contributed by atoms with van der Waals surface area (Å²) in [6.07, 6.45) is 0.722. The first kappa shape index (κ1) is 29.8. The molecule has 0 heterocycles. The molecule has 0 saturated carbocycles. The first-order valence-corrected chi connectivity index (χ1v) is 3.30. The normalized spacial score (nSPS) is 7.00. The number of phosphoric acid groups is 1. The molecule has 0 aromatic rings. The molecule has 0 aliphatic carbocycles. The van der Waals surface area contributed by atoms with Gasteiger partial charge in [-0.25, -0.2) is 0 Å². The third-order valence-electron chi connectivity index (χ3n) is 0.167. The summed E-state index contributed by atoms with van der Waals surface area (Å²) >= 11 is 0. The zero-order valence-electron chi connectivity index (χ0n) is 7.39. The van der Waals surface area contributed by atoms with Crippen LogP contribution in [0.2, 0.25) is 0 Å². The van der Waals surface area contributed by atoms with E-state index >= 15 is 0 Å². The Balaban J connectivity index is -0.0000000267. The molecule has 0 radical (unpaired) electrons. The smallest absolute Gasteiger partial charge is 0.822 e. The molecule has 0 amide bonds. The van der Waals surface area contributed by atoms with E-state index in [1.165, 1.54) is 0 Å². The number of hydrogen-bond donors (Lipinski definition) is 0. The molecule has 6 nitrogen and oxygen atoms in total. The van der Waals surface area contributed by atoms with Crippen LogP contribution in [0, 0.1) is 0 Å². The van der Waals surface area contributed by atoms with Crippen LogP contribution >= 0.6 is 7.82 Å². The molecule has 0 aliphatic rings. The van der Waals surface area contributed by atoms with Crippen molar-refractivity contribution in [1.82, 2.24) is 0 Å². The average molecular weight is 268 g/mol. The van der Waals surface area contributed by atoms with Crippen LogP contribution in [0.5, 0.6) is 0 Å². The van der Waals surface area contributed by atoms with Gasteiger partial charge in [0, 0.05) is 0 Å². The molecule has 0 aromatic heterocycles. The van der Waals surface area contributed by atoms with Crippen LogP contribution in [0.25, 0.3) is 0 Å². The van der Waals surface area contributed by atoms with Crippen molar-refractivity contribution >= 4 is 51.5 Å². The molecular weight excluding hydrogens is 265 g/mol. The summed E-state index contributed by atoms with van der Waals surface area (Å²) < 4.78 is 8.55. The van der Waals surface area contributed by atoms with Gasteiger partial charge in [0.1, 0.15) is 0 Å². The van der Waals surface area contributed by atoms with Crippen LogP contribution < -0.4 is 101 Å². The second-order valence-electron chi connectivity index (χ2n) is 0.970. The van der Waals surface area contributed by atoms with E-state index in [1.54, 1.807) is 0 Å². The molecule has 0 aliphatic heterocycles. The maximum Gasteiger partial charge on any atom is 2.00 e. The van der Waals surface area contributed by atoms with Crippen molar-refractivity contribution in [2.45, 2.75) is 0 Å². The maximum atomic E-state index is 9.14. The van der Waals surface area contributed by atoms with E-state index in [0.29, 0.717) is 0 Å². The van der Waals surface area contributed by atoms with Crippen molar-refractivity contribution < 1.29 is 110 Å². The average Bonchev–Trinajstić information content (AvgIpc) is 1.61. The molecule has 0 saturated heterocycles. The zero-order valence-corrected chi connectivity index (χ0v) is 15.6. The molecule has 0 N–H and O–H groups in total. The Hall–Kier alpha value is 3.22. The molecule has 0 unspecified atom stereocenters. The van der Waals surface area contributed by atoms with Crippen molar-refractivity contribution in [3.05, 3.63) is 12.7 Å². The number of aliphatic carboxylic acids is 1. The van der Waals surface area contributed by atoms with Gasteiger partial charge in [-0.15, -0.1) is 0 Å². The van der Waals surface area contributed by atoms with Crippen LogP contribution in [0.1, 0.15) is 0 Å². The maximum absolute atomic E-state index is 9.14. The van der Waals surface area contributed by atoms with Crippen LogP contribution in [0.4, 0.5) is 0 Å². The van der Waals surface area contributed by atoms with E-state index in [4.69, 9.17) is 29.1 Å². The summed E-state index contributed by atoms with van der Waals surface area (Å²) in [5.41, 5.74) is 0. The van der Waals surface area contributed by atoms with Gasteiger partial charge in [0.25, 0.3) is 0 Å². The molecule has 0 bridgehead atoms. The van der Waals surface area contributed by atoms with Crippen LogP contribution in [0.3, 0.4) is 0 Å². The summed E-state index contributed by atoms with van der Waals surface area (Å²) in [5, 5.41) is 9.14. The van der Waals surface area contributed by atoms with Crippen molar-refractivity contribution in [3.63, 3.8) is 0 Å². The van der Waals surface area contributed by atoms with Gasteiger partial charge in [0.2, 0.25) is 0 Å². The van der Waals surface area contributed by atoms with Gasteiger partial charge in [0.15, 0.2) is 0 Å². The minimum atomic E-state index is -5.39. The Kier molecular flexibility index (Phi) is 40.4. The van der Waals surface area contributed by atoms with Gasteiger partial charge in [-0.3, -0.25) is 0 Å². The molecular formula is C3H3CaKNaO6P. The first-order valence-electron chi connectivity index (χ1n) is 1.84. The summed E-state index contributed by atoms with van der Waals surface area (Å²) in [4.78, 5) is 34.8. The minimum Gasteiger partial charge on any atom is -0.822 e. The quantitative estimate of drug-likeness (QED) is 0.264. The van der Waals surface area contributed by atoms with Crippen LogP contribution in [0.15, 0.2) is 12.7 Å². The SMILES string of the molecule is C=CC(=O)[O-].O=P([O-])([O-])[O-].[Ca+2].[K+].[Na+]. The van der Waals surface area contributed by atoms with Gasteiger partial charge < -0.3 is 29.1 Å². The molecule has 0 fully saturated rings. The van der Waals surface area contributed by atoms with Crippen molar-refractivity contribution in [1.29, 1.82) is 0 Å². The molecule has 0 rings (SSSR count). The predicted molar refractivity (Wildman–Crippen MR) is 28.6 cm³/mol. The Bertz CT molecular complexity index is 163. The van der Waals surface area contributed by atoms with Gasteiger partial charge in [-0.1, -0.05) is 6.58 Å². The third kappa shape index (κ3) is 97.7. The molecule has 13 heavy (non-hydrogen) atoms.